The van der Waals surface area contributed by atoms with Crippen molar-refractivity contribution in [1.82, 2.24) is 10.2 Å². The number of hydrogen-bond donors (Lipinski definition) is 2. The van der Waals surface area contributed by atoms with E-state index in [4.69, 9.17) is 15.2 Å². The first-order valence-electron chi connectivity index (χ1n) is 9.25. The molecule has 0 aliphatic carbocycles. The molecule has 0 unspecified atom stereocenters. The first kappa shape index (κ1) is 19.2. The number of hydrogen-bond acceptors (Lipinski definition) is 6. The number of nitrogens with zero attached hydrogens (tertiary/aromatic N) is 2. The minimum atomic E-state index is -0.568. The fourth-order valence-corrected chi connectivity index (χ4v) is 3.27. The highest BCUT2D eigenvalue weighted by Gasteiger charge is 2.14. The molecule has 4 aromatic rings. The summed E-state index contributed by atoms with van der Waals surface area (Å²) in [5, 5.41) is 13.9. The fourth-order valence-electron chi connectivity index (χ4n) is 3.27. The van der Waals surface area contributed by atoms with E-state index in [0.29, 0.717) is 17.3 Å². The maximum absolute atomic E-state index is 11.7. The minimum Gasteiger partial charge on any atom is -0.497 e. The van der Waals surface area contributed by atoms with Gasteiger partial charge in [-0.3, -0.25) is 4.79 Å². The SMILES string of the molecule is COc1ccc(-c2nnc(Nc3ccc(OC)c(C(N)=O)c3)c3ccccc23)cc1. The lowest BCUT2D eigenvalue weighted by molar-refractivity contribution is 0.0997. The second-order valence-electron chi connectivity index (χ2n) is 6.58. The highest BCUT2D eigenvalue weighted by molar-refractivity contribution is 6.01. The van der Waals surface area contributed by atoms with Crippen LogP contribution < -0.4 is 20.5 Å². The number of methoxy groups -OCH3 is 2. The number of primary amides is 1. The molecule has 0 bridgehead atoms. The van der Waals surface area contributed by atoms with Crippen molar-refractivity contribution in [2.45, 2.75) is 0 Å². The molecule has 1 amide bonds. The number of carbonyl (C=O) groups excluding carboxylic acids is 1. The Hall–Kier alpha value is -4.13. The number of nitrogens with one attached hydrogen (secondary N) is 1. The highest BCUT2D eigenvalue weighted by Crippen LogP contribution is 2.32. The molecular weight excluding hydrogens is 380 g/mol. The summed E-state index contributed by atoms with van der Waals surface area (Å²) in [7, 11) is 3.12. The molecule has 0 atom stereocenters. The predicted octanol–water partition coefficient (Wildman–Crippen LogP) is 4.16. The van der Waals surface area contributed by atoms with Gasteiger partial charge in [-0.05, 0) is 42.5 Å². The van der Waals surface area contributed by atoms with Crippen molar-refractivity contribution in [1.29, 1.82) is 0 Å². The summed E-state index contributed by atoms with van der Waals surface area (Å²) in [6.45, 7) is 0. The molecule has 0 radical (unpaired) electrons. The van der Waals surface area contributed by atoms with Gasteiger partial charge in [0.2, 0.25) is 0 Å². The summed E-state index contributed by atoms with van der Waals surface area (Å²) in [6, 6.07) is 20.7. The van der Waals surface area contributed by atoms with E-state index in [1.54, 1.807) is 25.3 Å². The molecule has 3 aromatic carbocycles. The van der Waals surface area contributed by atoms with Crippen molar-refractivity contribution in [3.05, 3.63) is 72.3 Å². The molecule has 0 aliphatic rings. The number of anilines is 2. The number of ether oxygens (including phenoxy) is 2. The van der Waals surface area contributed by atoms with E-state index in [1.807, 2.05) is 48.5 Å². The van der Waals surface area contributed by atoms with Gasteiger partial charge in [0.15, 0.2) is 5.82 Å². The third-order valence-electron chi connectivity index (χ3n) is 4.78. The molecule has 0 saturated carbocycles. The lowest BCUT2D eigenvalue weighted by Gasteiger charge is -2.13. The largest absolute Gasteiger partial charge is 0.497 e. The summed E-state index contributed by atoms with van der Waals surface area (Å²) < 4.78 is 10.4. The zero-order valence-corrected chi connectivity index (χ0v) is 16.5. The standard InChI is InChI=1S/C23H20N4O3/c1-29-16-10-7-14(8-11-16)21-17-5-3-4-6-18(17)23(27-26-21)25-15-9-12-20(30-2)19(13-15)22(24)28/h3-13H,1-2H3,(H2,24,28)(H,25,27). The van der Waals surface area contributed by atoms with E-state index in [1.165, 1.54) is 7.11 Å². The highest BCUT2D eigenvalue weighted by atomic mass is 16.5. The zero-order chi connectivity index (χ0) is 21.1. The van der Waals surface area contributed by atoms with Crippen LogP contribution in [0.5, 0.6) is 11.5 Å². The molecule has 30 heavy (non-hydrogen) atoms. The van der Waals surface area contributed by atoms with Gasteiger partial charge in [0.05, 0.1) is 19.8 Å². The van der Waals surface area contributed by atoms with Gasteiger partial charge in [0.25, 0.3) is 5.91 Å². The molecule has 7 heteroatoms. The third-order valence-corrected chi connectivity index (χ3v) is 4.78. The Morgan fingerprint density at radius 1 is 0.900 bits per heavy atom. The van der Waals surface area contributed by atoms with Crippen LogP contribution in [0.15, 0.2) is 66.7 Å². The van der Waals surface area contributed by atoms with Crippen LogP contribution in [0, 0.1) is 0 Å². The van der Waals surface area contributed by atoms with Crippen LogP contribution in [-0.2, 0) is 0 Å². The quantitative estimate of drug-likeness (QED) is 0.504. The van der Waals surface area contributed by atoms with Crippen molar-refractivity contribution in [3.8, 4) is 22.8 Å². The van der Waals surface area contributed by atoms with Crippen molar-refractivity contribution in [3.63, 3.8) is 0 Å². The van der Waals surface area contributed by atoms with Crippen LogP contribution >= 0.6 is 0 Å². The Kier molecular flexibility index (Phi) is 5.17. The normalized spacial score (nSPS) is 10.6. The average Bonchev–Trinajstić information content (AvgIpc) is 2.79. The van der Waals surface area contributed by atoms with Crippen molar-refractivity contribution in [2.24, 2.45) is 5.73 Å². The summed E-state index contributed by atoms with van der Waals surface area (Å²) >= 11 is 0. The Balaban J connectivity index is 1.76. The van der Waals surface area contributed by atoms with E-state index in [0.717, 1.165) is 27.8 Å². The van der Waals surface area contributed by atoms with Gasteiger partial charge in [-0.25, -0.2) is 0 Å². The molecular formula is C23H20N4O3. The summed E-state index contributed by atoms with van der Waals surface area (Å²) in [6.07, 6.45) is 0. The van der Waals surface area contributed by atoms with Gasteiger partial charge in [0.1, 0.15) is 17.2 Å². The molecule has 150 valence electrons. The van der Waals surface area contributed by atoms with Crippen LogP contribution in [0.4, 0.5) is 11.5 Å². The van der Waals surface area contributed by atoms with Crippen molar-refractivity contribution < 1.29 is 14.3 Å². The van der Waals surface area contributed by atoms with Crippen LogP contribution in [-0.4, -0.2) is 30.3 Å². The summed E-state index contributed by atoms with van der Waals surface area (Å²) in [5.74, 6) is 1.20. The molecule has 0 spiro atoms. The van der Waals surface area contributed by atoms with Crippen LogP contribution in [0.2, 0.25) is 0 Å². The van der Waals surface area contributed by atoms with E-state index in [-0.39, 0.29) is 5.56 Å². The smallest absolute Gasteiger partial charge is 0.252 e. The maximum Gasteiger partial charge on any atom is 0.252 e. The Morgan fingerprint density at radius 2 is 1.63 bits per heavy atom. The first-order chi connectivity index (χ1) is 14.6. The molecule has 7 nitrogen and oxygen atoms in total. The van der Waals surface area contributed by atoms with E-state index < -0.39 is 5.91 Å². The number of aromatic nitrogens is 2. The fraction of sp³-hybridized carbons (Fsp3) is 0.0870. The summed E-state index contributed by atoms with van der Waals surface area (Å²) in [4.78, 5) is 11.7. The molecule has 3 N–H and O–H groups in total. The monoisotopic (exact) mass is 400 g/mol. The average molecular weight is 400 g/mol. The topological polar surface area (TPSA) is 99.4 Å². The third kappa shape index (κ3) is 3.60. The van der Waals surface area contributed by atoms with Gasteiger partial charge >= 0.3 is 0 Å². The van der Waals surface area contributed by atoms with Crippen molar-refractivity contribution >= 4 is 28.2 Å². The number of carbonyl (C=O) groups is 1. The van der Waals surface area contributed by atoms with Crippen LogP contribution in [0.25, 0.3) is 22.0 Å². The van der Waals surface area contributed by atoms with Crippen LogP contribution in [0.1, 0.15) is 10.4 Å². The van der Waals surface area contributed by atoms with Gasteiger partial charge in [0, 0.05) is 22.0 Å². The van der Waals surface area contributed by atoms with Gasteiger partial charge in [-0.1, -0.05) is 24.3 Å². The Bertz CT molecular complexity index is 1220. The number of benzene rings is 3. The second-order valence-corrected chi connectivity index (χ2v) is 6.58. The van der Waals surface area contributed by atoms with Gasteiger partial charge in [-0.2, -0.15) is 0 Å². The Labute approximate surface area is 173 Å². The molecule has 1 heterocycles. The zero-order valence-electron chi connectivity index (χ0n) is 16.5. The van der Waals surface area contributed by atoms with E-state index in [2.05, 4.69) is 15.5 Å². The molecule has 0 saturated heterocycles. The number of nitrogens with two attached hydrogens (primary N) is 1. The Morgan fingerprint density at radius 3 is 2.30 bits per heavy atom. The van der Waals surface area contributed by atoms with Crippen molar-refractivity contribution in [2.75, 3.05) is 19.5 Å². The number of rotatable bonds is 6. The second kappa shape index (κ2) is 8.08. The van der Waals surface area contributed by atoms with E-state index in [9.17, 15) is 4.79 Å². The van der Waals surface area contributed by atoms with Crippen LogP contribution in [0.3, 0.4) is 0 Å². The lowest BCUT2D eigenvalue weighted by Crippen LogP contribution is -2.13. The van der Waals surface area contributed by atoms with Gasteiger partial charge < -0.3 is 20.5 Å². The van der Waals surface area contributed by atoms with Gasteiger partial charge in [-0.15, -0.1) is 10.2 Å². The first-order valence-corrected chi connectivity index (χ1v) is 9.25. The number of fused-ring (bicyclic) bond motifs is 1. The molecule has 4 rings (SSSR count). The minimum absolute atomic E-state index is 0.287. The molecule has 0 aliphatic heterocycles. The maximum atomic E-state index is 11.7. The number of amides is 1. The molecule has 1 aromatic heterocycles. The lowest BCUT2D eigenvalue weighted by atomic mass is 10.0. The van der Waals surface area contributed by atoms with E-state index >= 15 is 0 Å². The molecule has 0 fully saturated rings. The summed E-state index contributed by atoms with van der Waals surface area (Å²) in [5.41, 5.74) is 8.11. The predicted molar refractivity (Wildman–Crippen MR) is 116 cm³/mol.